The molecule has 3 atom stereocenters. The van der Waals surface area contributed by atoms with E-state index in [1.807, 2.05) is 6.92 Å². The van der Waals surface area contributed by atoms with Crippen molar-refractivity contribution in [3.8, 4) is 0 Å². The molecule has 18 heavy (non-hydrogen) atoms. The summed E-state index contributed by atoms with van der Waals surface area (Å²) in [5, 5.41) is 12.1. The highest BCUT2D eigenvalue weighted by atomic mass is 32.2. The van der Waals surface area contributed by atoms with E-state index in [0.717, 1.165) is 5.75 Å². The molecule has 5 nitrogen and oxygen atoms in total. The summed E-state index contributed by atoms with van der Waals surface area (Å²) in [6.45, 7) is 2.52. The maximum atomic E-state index is 12.2. The second kappa shape index (κ2) is 5.48. The lowest BCUT2D eigenvalue weighted by molar-refractivity contribution is -0.148. The van der Waals surface area contributed by atoms with Crippen molar-refractivity contribution in [2.45, 2.75) is 37.8 Å². The van der Waals surface area contributed by atoms with Gasteiger partial charge in [-0.15, -0.1) is 0 Å². The first kappa shape index (κ1) is 13.7. The predicted molar refractivity (Wildman–Crippen MR) is 68.6 cm³/mol. The van der Waals surface area contributed by atoms with E-state index < -0.39 is 11.5 Å². The van der Waals surface area contributed by atoms with Crippen molar-refractivity contribution in [1.29, 1.82) is 0 Å². The Hall–Kier alpha value is -0.750. The lowest BCUT2D eigenvalue weighted by Gasteiger charge is -2.31. The molecular formula is C12H19NO4S. The Kier molecular flexibility index (Phi) is 4.17. The van der Waals surface area contributed by atoms with Crippen LogP contribution in [0.2, 0.25) is 0 Å². The number of amides is 1. The number of thioether (sulfide) groups is 1. The van der Waals surface area contributed by atoms with E-state index in [4.69, 9.17) is 4.74 Å². The molecule has 6 heteroatoms. The average molecular weight is 273 g/mol. The minimum absolute atomic E-state index is 0.0771. The van der Waals surface area contributed by atoms with E-state index in [0.29, 0.717) is 31.6 Å². The van der Waals surface area contributed by atoms with Crippen molar-refractivity contribution < 1.29 is 19.4 Å². The van der Waals surface area contributed by atoms with Crippen molar-refractivity contribution in [2.75, 3.05) is 18.1 Å². The number of carbonyl (C=O) groups is 2. The molecule has 2 rings (SSSR count). The minimum Gasteiger partial charge on any atom is -0.479 e. The van der Waals surface area contributed by atoms with Crippen molar-refractivity contribution in [3.63, 3.8) is 0 Å². The molecule has 2 heterocycles. The molecule has 2 N–H and O–H groups in total. The highest BCUT2D eigenvalue weighted by Crippen LogP contribution is 2.29. The van der Waals surface area contributed by atoms with Gasteiger partial charge in [0.2, 0.25) is 5.91 Å². The van der Waals surface area contributed by atoms with Gasteiger partial charge in [-0.05, 0) is 31.9 Å². The number of nitrogens with one attached hydrogen (secondary N) is 1. The number of carboxylic acid groups (broad SMARTS) is 1. The van der Waals surface area contributed by atoms with Crippen LogP contribution in [0.25, 0.3) is 0 Å². The van der Waals surface area contributed by atoms with E-state index in [1.165, 1.54) is 0 Å². The topological polar surface area (TPSA) is 75.6 Å². The molecule has 2 aliphatic heterocycles. The summed E-state index contributed by atoms with van der Waals surface area (Å²) in [4.78, 5) is 23.5. The Morgan fingerprint density at radius 1 is 1.50 bits per heavy atom. The zero-order valence-electron chi connectivity index (χ0n) is 10.5. The van der Waals surface area contributed by atoms with Crippen molar-refractivity contribution >= 4 is 23.6 Å². The van der Waals surface area contributed by atoms with Gasteiger partial charge in [-0.25, -0.2) is 4.79 Å². The Bertz CT molecular complexity index is 341. The quantitative estimate of drug-likeness (QED) is 0.798. The predicted octanol–water partition coefficient (Wildman–Crippen LogP) is 0.878. The fraction of sp³-hybridized carbons (Fsp3) is 0.833. The molecule has 2 aliphatic rings. The van der Waals surface area contributed by atoms with Crippen LogP contribution in [-0.4, -0.2) is 46.7 Å². The summed E-state index contributed by atoms with van der Waals surface area (Å²) in [7, 11) is 0. The third-order valence-electron chi connectivity index (χ3n) is 3.65. The summed E-state index contributed by atoms with van der Waals surface area (Å²) < 4.78 is 5.40. The van der Waals surface area contributed by atoms with E-state index in [1.54, 1.807) is 11.8 Å². The lowest BCUT2D eigenvalue weighted by atomic mass is 9.92. The molecule has 0 aliphatic carbocycles. The van der Waals surface area contributed by atoms with Crippen LogP contribution >= 0.6 is 11.8 Å². The SMILES string of the molecule is CC1CC(C(=O)NC2(C(=O)O)CCSC2)CCO1. The number of hydrogen-bond acceptors (Lipinski definition) is 4. The lowest BCUT2D eigenvalue weighted by Crippen LogP contribution is -2.56. The molecule has 2 fully saturated rings. The van der Waals surface area contributed by atoms with Crippen molar-refractivity contribution in [2.24, 2.45) is 5.92 Å². The molecule has 0 bridgehead atoms. The zero-order valence-corrected chi connectivity index (χ0v) is 11.3. The maximum Gasteiger partial charge on any atom is 0.330 e. The van der Waals surface area contributed by atoms with Crippen LogP contribution in [0.3, 0.4) is 0 Å². The van der Waals surface area contributed by atoms with Gasteiger partial charge in [0, 0.05) is 18.3 Å². The van der Waals surface area contributed by atoms with E-state index in [9.17, 15) is 14.7 Å². The van der Waals surface area contributed by atoms with E-state index in [-0.39, 0.29) is 17.9 Å². The minimum atomic E-state index is -1.05. The number of rotatable bonds is 3. The number of hydrogen-bond donors (Lipinski definition) is 2. The van der Waals surface area contributed by atoms with Crippen molar-refractivity contribution in [3.05, 3.63) is 0 Å². The Balaban J connectivity index is 1.99. The summed E-state index contributed by atoms with van der Waals surface area (Å²) in [5.74, 6) is 0.0930. The van der Waals surface area contributed by atoms with E-state index in [2.05, 4.69) is 5.32 Å². The van der Waals surface area contributed by atoms with Gasteiger partial charge in [-0.2, -0.15) is 11.8 Å². The van der Waals surface area contributed by atoms with Gasteiger partial charge in [0.15, 0.2) is 0 Å². The van der Waals surface area contributed by atoms with Gasteiger partial charge >= 0.3 is 5.97 Å². The van der Waals surface area contributed by atoms with Gasteiger partial charge in [0.25, 0.3) is 0 Å². The summed E-state index contributed by atoms with van der Waals surface area (Å²) in [6, 6.07) is 0. The largest absolute Gasteiger partial charge is 0.479 e. The smallest absolute Gasteiger partial charge is 0.330 e. The highest BCUT2D eigenvalue weighted by molar-refractivity contribution is 7.99. The molecule has 0 saturated carbocycles. The Labute approximate surface area is 111 Å². The second-order valence-electron chi connectivity index (χ2n) is 5.08. The molecule has 0 aromatic heterocycles. The van der Waals surface area contributed by atoms with Crippen LogP contribution in [0.1, 0.15) is 26.2 Å². The first-order valence-electron chi connectivity index (χ1n) is 6.28. The Morgan fingerprint density at radius 3 is 2.83 bits per heavy atom. The third-order valence-corrected chi connectivity index (χ3v) is 4.84. The van der Waals surface area contributed by atoms with Crippen molar-refractivity contribution in [1.82, 2.24) is 5.32 Å². The van der Waals surface area contributed by atoms with Crippen LogP contribution in [0, 0.1) is 5.92 Å². The molecule has 3 unspecified atom stereocenters. The van der Waals surface area contributed by atoms with Gasteiger partial charge in [0.05, 0.1) is 6.10 Å². The molecule has 0 aromatic carbocycles. The van der Waals surface area contributed by atoms with E-state index >= 15 is 0 Å². The number of carbonyl (C=O) groups excluding carboxylic acids is 1. The molecule has 0 spiro atoms. The number of ether oxygens (including phenoxy) is 1. The average Bonchev–Trinajstić information content (AvgIpc) is 2.79. The maximum absolute atomic E-state index is 12.2. The summed E-state index contributed by atoms with van der Waals surface area (Å²) in [5.41, 5.74) is -1.05. The standard InChI is InChI=1S/C12H19NO4S/c1-8-6-9(2-4-17-8)10(14)13-12(11(15)16)3-5-18-7-12/h8-9H,2-7H2,1H3,(H,13,14)(H,15,16). The third kappa shape index (κ3) is 2.80. The number of aliphatic carboxylic acids is 1. The highest BCUT2D eigenvalue weighted by Gasteiger charge is 2.44. The van der Waals surface area contributed by atoms with Gasteiger partial charge < -0.3 is 15.2 Å². The Morgan fingerprint density at radius 2 is 2.28 bits per heavy atom. The molecule has 1 amide bonds. The molecule has 102 valence electrons. The summed E-state index contributed by atoms with van der Waals surface area (Å²) >= 11 is 1.58. The molecule has 0 aromatic rings. The van der Waals surface area contributed by atoms with Crippen LogP contribution < -0.4 is 5.32 Å². The molecular weight excluding hydrogens is 254 g/mol. The fourth-order valence-electron chi connectivity index (χ4n) is 2.46. The van der Waals surface area contributed by atoms with Gasteiger partial charge in [-0.1, -0.05) is 0 Å². The molecule has 2 saturated heterocycles. The van der Waals surface area contributed by atoms with Gasteiger partial charge in [0.1, 0.15) is 5.54 Å². The van der Waals surface area contributed by atoms with Crippen LogP contribution in [0.5, 0.6) is 0 Å². The van der Waals surface area contributed by atoms with Crippen LogP contribution in [-0.2, 0) is 14.3 Å². The molecule has 0 radical (unpaired) electrons. The van der Waals surface area contributed by atoms with Crippen LogP contribution in [0.15, 0.2) is 0 Å². The fourth-order valence-corrected chi connectivity index (χ4v) is 3.79. The first-order valence-corrected chi connectivity index (χ1v) is 7.44. The monoisotopic (exact) mass is 273 g/mol. The zero-order chi connectivity index (χ0) is 13.2. The van der Waals surface area contributed by atoms with Gasteiger partial charge in [-0.3, -0.25) is 4.79 Å². The summed E-state index contributed by atoms with van der Waals surface area (Å²) in [6.07, 6.45) is 1.94. The normalized spacial score (nSPS) is 36.3. The first-order chi connectivity index (χ1) is 8.53. The number of carboxylic acids is 1. The van der Waals surface area contributed by atoms with Crippen LogP contribution in [0.4, 0.5) is 0 Å². The second-order valence-corrected chi connectivity index (χ2v) is 6.19.